The van der Waals surface area contributed by atoms with Crippen LogP contribution in [0.1, 0.15) is 11.1 Å². The number of rotatable bonds is 5. The van der Waals surface area contributed by atoms with Crippen LogP contribution in [0.2, 0.25) is 0 Å². The van der Waals surface area contributed by atoms with Gasteiger partial charge in [-0.05, 0) is 30.5 Å². The topological polar surface area (TPSA) is 35.2 Å². The Morgan fingerprint density at radius 3 is 2.32 bits per heavy atom. The van der Waals surface area contributed by atoms with E-state index in [1.54, 1.807) is 0 Å². The molecule has 0 amide bonds. The average molecular weight is 278 g/mol. The molecular weight excluding hydrogens is 258 g/mol. The van der Waals surface area contributed by atoms with Crippen molar-refractivity contribution in [3.63, 3.8) is 0 Å². The van der Waals surface area contributed by atoms with E-state index in [0.717, 1.165) is 17.7 Å². The third-order valence-electron chi connectivity index (χ3n) is 2.89. The fourth-order valence-corrected chi connectivity index (χ4v) is 1.89. The Hall–Kier alpha value is -1.51. The molecule has 0 aromatic heterocycles. The Kier molecular flexibility index (Phi) is 6.40. The molecule has 0 aliphatic carbocycles. The van der Waals surface area contributed by atoms with Gasteiger partial charge in [0.2, 0.25) is 0 Å². The number of halogens is 1. The molecule has 102 valence electrons. The van der Waals surface area contributed by atoms with Gasteiger partial charge in [-0.1, -0.05) is 48.5 Å². The molecule has 2 nitrogen and oxygen atoms in total. The molecule has 2 aromatic carbocycles. The van der Waals surface area contributed by atoms with Crippen LogP contribution in [-0.2, 0) is 6.42 Å². The molecular formula is C16H20ClNO. The summed E-state index contributed by atoms with van der Waals surface area (Å²) in [7, 11) is 0. The summed E-state index contributed by atoms with van der Waals surface area (Å²) in [5.41, 5.74) is 8.47. The van der Waals surface area contributed by atoms with E-state index in [4.69, 9.17) is 10.5 Å². The van der Waals surface area contributed by atoms with Crippen molar-refractivity contribution in [3.8, 4) is 5.75 Å². The minimum absolute atomic E-state index is 0. The lowest BCUT2D eigenvalue weighted by molar-refractivity contribution is 0.286. The Labute approximate surface area is 121 Å². The van der Waals surface area contributed by atoms with Gasteiger partial charge in [0.05, 0.1) is 0 Å². The Morgan fingerprint density at radius 1 is 1.00 bits per heavy atom. The number of ether oxygens (including phenoxy) is 1. The van der Waals surface area contributed by atoms with Crippen LogP contribution in [-0.4, -0.2) is 12.6 Å². The van der Waals surface area contributed by atoms with Gasteiger partial charge >= 0.3 is 0 Å². The van der Waals surface area contributed by atoms with Gasteiger partial charge in [-0.3, -0.25) is 0 Å². The van der Waals surface area contributed by atoms with Crippen LogP contribution in [0.15, 0.2) is 54.6 Å². The van der Waals surface area contributed by atoms with Crippen LogP contribution in [0, 0.1) is 6.92 Å². The highest BCUT2D eigenvalue weighted by Crippen LogP contribution is 2.16. The number of nitrogens with two attached hydrogens (primary N) is 1. The van der Waals surface area contributed by atoms with Crippen LogP contribution in [0.25, 0.3) is 0 Å². The second-order valence-corrected chi connectivity index (χ2v) is 4.53. The lowest BCUT2D eigenvalue weighted by Crippen LogP contribution is -2.30. The lowest BCUT2D eigenvalue weighted by atomic mass is 10.1. The first-order valence-corrected chi connectivity index (χ1v) is 6.23. The molecule has 0 aliphatic rings. The minimum Gasteiger partial charge on any atom is -0.492 e. The zero-order valence-electron chi connectivity index (χ0n) is 11.1. The first-order chi connectivity index (χ1) is 8.75. The van der Waals surface area contributed by atoms with Crippen LogP contribution in [0.4, 0.5) is 0 Å². The van der Waals surface area contributed by atoms with Crippen molar-refractivity contribution in [2.75, 3.05) is 6.61 Å². The largest absolute Gasteiger partial charge is 0.492 e. The summed E-state index contributed by atoms with van der Waals surface area (Å²) in [6.07, 6.45) is 0.840. The van der Waals surface area contributed by atoms with Gasteiger partial charge in [0.1, 0.15) is 12.4 Å². The second kappa shape index (κ2) is 7.82. The van der Waals surface area contributed by atoms with Gasteiger partial charge in [-0.2, -0.15) is 0 Å². The highest BCUT2D eigenvalue weighted by atomic mass is 35.5. The second-order valence-electron chi connectivity index (χ2n) is 4.53. The summed E-state index contributed by atoms with van der Waals surface area (Å²) in [6.45, 7) is 2.58. The summed E-state index contributed by atoms with van der Waals surface area (Å²) in [5, 5.41) is 0. The van der Waals surface area contributed by atoms with Crippen molar-refractivity contribution in [1.29, 1.82) is 0 Å². The molecule has 19 heavy (non-hydrogen) atoms. The molecule has 0 radical (unpaired) electrons. The molecule has 0 saturated carbocycles. The number of aryl methyl sites for hydroxylation is 1. The van der Waals surface area contributed by atoms with E-state index in [0.29, 0.717) is 6.61 Å². The van der Waals surface area contributed by atoms with Crippen molar-refractivity contribution >= 4 is 12.4 Å². The zero-order valence-corrected chi connectivity index (χ0v) is 11.9. The Morgan fingerprint density at radius 2 is 1.63 bits per heavy atom. The van der Waals surface area contributed by atoms with Crippen LogP contribution in [0.3, 0.4) is 0 Å². The summed E-state index contributed by atoms with van der Waals surface area (Å²) >= 11 is 0. The van der Waals surface area contributed by atoms with E-state index in [2.05, 4.69) is 12.1 Å². The summed E-state index contributed by atoms with van der Waals surface area (Å²) in [5.74, 6) is 0.918. The molecule has 0 aliphatic heterocycles. The van der Waals surface area contributed by atoms with Crippen molar-refractivity contribution in [2.24, 2.45) is 5.73 Å². The van der Waals surface area contributed by atoms with Crippen molar-refractivity contribution in [1.82, 2.24) is 0 Å². The highest BCUT2D eigenvalue weighted by Gasteiger charge is 2.06. The third kappa shape index (κ3) is 4.93. The predicted molar refractivity (Wildman–Crippen MR) is 82.0 cm³/mol. The van der Waals surface area contributed by atoms with Crippen molar-refractivity contribution in [3.05, 3.63) is 65.7 Å². The molecule has 2 N–H and O–H groups in total. The summed E-state index contributed by atoms with van der Waals surface area (Å²) in [6, 6.07) is 18.3. The van der Waals surface area contributed by atoms with Crippen LogP contribution >= 0.6 is 12.4 Å². The van der Waals surface area contributed by atoms with E-state index in [1.807, 2.05) is 49.4 Å². The third-order valence-corrected chi connectivity index (χ3v) is 2.89. The first kappa shape index (κ1) is 15.5. The first-order valence-electron chi connectivity index (χ1n) is 6.23. The maximum absolute atomic E-state index is 6.08. The standard InChI is InChI=1S/C16H19NO.ClH/c1-13-7-5-6-10-16(13)18-12-15(17)11-14-8-3-2-4-9-14;/h2-10,15H,11-12,17H2,1H3;1H. The Balaban J connectivity index is 0.00000180. The fraction of sp³-hybridized carbons (Fsp3) is 0.250. The maximum atomic E-state index is 6.08. The van der Waals surface area contributed by atoms with Gasteiger partial charge in [0.15, 0.2) is 0 Å². The summed E-state index contributed by atoms with van der Waals surface area (Å²) < 4.78 is 5.75. The molecule has 2 rings (SSSR count). The molecule has 0 heterocycles. The maximum Gasteiger partial charge on any atom is 0.122 e. The quantitative estimate of drug-likeness (QED) is 0.909. The van der Waals surface area contributed by atoms with Gasteiger partial charge in [-0.15, -0.1) is 12.4 Å². The van der Waals surface area contributed by atoms with Gasteiger partial charge < -0.3 is 10.5 Å². The van der Waals surface area contributed by atoms with Crippen molar-refractivity contribution in [2.45, 2.75) is 19.4 Å². The molecule has 1 unspecified atom stereocenters. The van der Waals surface area contributed by atoms with E-state index in [-0.39, 0.29) is 18.4 Å². The smallest absolute Gasteiger partial charge is 0.122 e. The number of hydrogen-bond donors (Lipinski definition) is 1. The van der Waals surface area contributed by atoms with E-state index in [9.17, 15) is 0 Å². The van der Waals surface area contributed by atoms with Gasteiger partial charge in [0.25, 0.3) is 0 Å². The predicted octanol–water partition coefficient (Wildman–Crippen LogP) is 3.37. The number of hydrogen-bond acceptors (Lipinski definition) is 2. The number of para-hydroxylation sites is 1. The van der Waals surface area contributed by atoms with E-state index >= 15 is 0 Å². The monoisotopic (exact) mass is 277 g/mol. The van der Waals surface area contributed by atoms with E-state index < -0.39 is 0 Å². The molecule has 0 saturated heterocycles. The molecule has 0 spiro atoms. The van der Waals surface area contributed by atoms with Gasteiger partial charge in [-0.25, -0.2) is 0 Å². The normalized spacial score (nSPS) is 11.5. The fourth-order valence-electron chi connectivity index (χ4n) is 1.89. The van der Waals surface area contributed by atoms with Gasteiger partial charge in [0, 0.05) is 6.04 Å². The Bertz CT molecular complexity index is 487. The number of benzene rings is 2. The highest BCUT2D eigenvalue weighted by molar-refractivity contribution is 5.85. The zero-order chi connectivity index (χ0) is 12.8. The SMILES string of the molecule is Cc1ccccc1OCC(N)Cc1ccccc1.Cl. The van der Waals surface area contributed by atoms with Crippen LogP contribution < -0.4 is 10.5 Å². The molecule has 0 bridgehead atoms. The molecule has 0 fully saturated rings. The van der Waals surface area contributed by atoms with E-state index in [1.165, 1.54) is 5.56 Å². The molecule has 2 aromatic rings. The van der Waals surface area contributed by atoms with Crippen molar-refractivity contribution < 1.29 is 4.74 Å². The molecule has 3 heteroatoms. The lowest BCUT2D eigenvalue weighted by Gasteiger charge is -2.14. The van der Waals surface area contributed by atoms with Crippen LogP contribution in [0.5, 0.6) is 5.75 Å². The minimum atomic E-state index is 0. The summed E-state index contributed by atoms with van der Waals surface area (Å²) in [4.78, 5) is 0. The molecule has 1 atom stereocenters. The average Bonchev–Trinajstić information content (AvgIpc) is 2.39.